The largest absolute Gasteiger partial charge is 0.388 e. The van der Waals surface area contributed by atoms with Crippen LogP contribution in [0.15, 0.2) is 45.3 Å². The molecule has 0 spiro atoms. The predicted molar refractivity (Wildman–Crippen MR) is 81.9 cm³/mol. The highest BCUT2D eigenvalue weighted by molar-refractivity contribution is 9.10. The van der Waals surface area contributed by atoms with Crippen LogP contribution in [0.4, 0.5) is 4.39 Å². The molecule has 0 aliphatic carbocycles. The van der Waals surface area contributed by atoms with Crippen LogP contribution in [-0.2, 0) is 6.42 Å². The number of rotatable bonds is 3. The summed E-state index contributed by atoms with van der Waals surface area (Å²) < 4.78 is 14.8. The standard InChI is InChI=1S/C14H10Br2ClFO/c15-9-1-2-12(13(17)7-9)14(19)5-8-3-10(16)6-11(18)4-8/h1-4,6-7,14,19H,5H2. The molecule has 0 aromatic heterocycles. The average molecular weight is 408 g/mol. The van der Waals surface area contributed by atoms with Gasteiger partial charge in [-0.15, -0.1) is 0 Å². The third-order valence-electron chi connectivity index (χ3n) is 2.67. The van der Waals surface area contributed by atoms with E-state index in [0.717, 1.165) is 4.47 Å². The maximum atomic E-state index is 13.3. The van der Waals surface area contributed by atoms with E-state index in [1.165, 1.54) is 12.1 Å². The van der Waals surface area contributed by atoms with Crippen LogP contribution in [0.2, 0.25) is 5.02 Å². The van der Waals surface area contributed by atoms with Gasteiger partial charge in [-0.2, -0.15) is 0 Å². The van der Waals surface area contributed by atoms with Crippen molar-refractivity contribution in [3.63, 3.8) is 0 Å². The molecule has 2 aromatic carbocycles. The van der Waals surface area contributed by atoms with Crippen LogP contribution >= 0.6 is 43.5 Å². The fraction of sp³-hybridized carbons (Fsp3) is 0.143. The zero-order valence-electron chi connectivity index (χ0n) is 9.71. The zero-order valence-corrected chi connectivity index (χ0v) is 13.6. The highest BCUT2D eigenvalue weighted by atomic mass is 79.9. The van der Waals surface area contributed by atoms with E-state index in [2.05, 4.69) is 31.9 Å². The molecule has 0 aliphatic heterocycles. The first-order valence-electron chi connectivity index (χ1n) is 5.53. The van der Waals surface area contributed by atoms with E-state index in [0.29, 0.717) is 27.0 Å². The minimum atomic E-state index is -0.769. The summed E-state index contributed by atoms with van der Waals surface area (Å²) >= 11 is 12.6. The van der Waals surface area contributed by atoms with Crippen molar-refractivity contribution in [2.45, 2.75) is 12.5 Å². The van der Waals surface area contributed by atoms with Crippen LogP contribution in [0.25, 0.3) is 0 Å². The molecule has 0 amide bonds. The fourth-order valence-corrected chi connectivity index (χ4v) is 3.15. The van der Waals surface area contributed by atoms with Crippen molar-refractivity contribution in [2.75, 3.05) is 0 Å². The van der Waals surface area contributed by atoms with Crippen LogP contribution in [0.3, 0.4) is 0 Å². The number of hydrogen-bond donors (Lipinski definition) is 1. The summed E-state index contributed by atoms with van der Waals surface area (Å²) in [6.45, 7) is 0. The predicted octanol–water partition coefficient (Wildman–Crippen LogP) is 5.28. The van der Waals surface area contributed by atoms with Gasteiger partial charge in [-0.25, -0.2) is 4.39 Å². The number of benzene rings is 2. The quantitative estimate of drug-likeness (QED) is 0.733. The Bertz CT molecular complexity index is 584. The Morgan fingerprint density at radius 3 is 2.47 bits per heavy atom. The first-order chi connectivity index (χ1) is 8.95. The van der Waals surface area contributed by atoms with Crippen molar-refractivity contribution in [3.05, 3.63) is 67.3 Å². The van der Waals surface area contributed by atoms with Gasteiger partial charge in [0.05, 0.1) is 6.10 Å². The zero-order chi connectivity index (χ0) is 14.0. The van der Waals surface area contributed by atoms with Gasteiger partial charge in [-0.1, -0.05) is 49.5 Å². The summed E-state index contributed by atoms with van der Waals surface area (Å²) in [7, 11) is 0. The fourth-order valence-electron chi connectivity index (χ4n) is 1.83. The molecule has 0 bridgehead atoms. The highest BCUT2D eigenvalue weighted by Gasteiger charge is 2.13. The lowest BCUT2D eigenvalue weighted by Crippen LogP contribution is -2.03. The van der Waals surface area contributed by atoms with Gasteiger partial charge < -0.3 is 5.11 Å². The van der Waals surface area contributed by atoms with Gasteiger partial charge in [-0.05, 0) is 41.5 Å². The van der Waals surface area contributed by atoms with Gasteiger partial charge in [0.25, 0.3) is 0 Å². The van der Waals surface area contributed by atoms with Gasteiger partial charge in [0, 0.05) is 20.4 Å². The second-order valence-electron chi connectivity index (χ2n) is 4.16. The Morgan fingerprint density at radius 1 is 1.11 bits per heavy atom. The van der Waals surface area contributed by atoms with Crippen molar-refractivity contribution in [1.82, 2.24) is 0 Å². The first-order valence-corrected chi connectivity index (χ1v) is 7.50. The molecule has 0 saturated carbocycles. The molecule has 1 unspecified atom stereocenters. The Kier molecular flexibility index (Phi) is 5.01. The van der Waals surface area contributed by atoms with Crippen LogP contribution in [0, 0.1) is 5.82 Å². The Morgan fingerprint density at radius 2 is 1.84 bits per heavy atom. The molecule has 1 atom stereocenters. The van der Waals surface area contributed by atoms with Gasteiger partial charge in [0.1, 0.15) is 5.82 Å². The summed E-state index contributed by atoms with van der Waals surface area (Å²) in [6, 6.07) is 9.85. The van der Waals surface area contributed by atoms with E-state index >= 15 is 0 Å². The van der Waals surface area contributed by atoms with E-state index in [1.54, 1.807) is 18.2 Å². The van der Waals surface area contributed by atoms with Gasteiger partial charge in [0.2, 0.25) is 0 Å². The lowest BCUT2D eigenvalue weighted by Gasteiger charge is -2.13. The molecule has 2 aromatic rings. The van der Waals surface area contributed by atoms with Crippen molar-refractivity contribution >= 4 is 43.5 Å². The normalized spacial score (nSPS) is 12.5. The summed E-state index contributed by atoms with van der Waals surface area (Å²) in [4.78, 5) is 0. The second-order valence-corrected chi connectivity index (χ2v) is 6.40. The van der Waals surface area contributed by atoms with Crippen LogP contribution in [0.5, 0.6) is 0 Å². The summed E-state index contributed by atoms with van der Waals surface area (Å²) in [5, 5.41) is 10.7. The van der Waals surface area contributed by atoms with Crippen LogP contribution < -0.4 is 0 Å². The molecule has 0 heterocycles. The van der Waals surface area contributed by atoms with E-state index in [4.69, 9.17) is 11.6 Å². The lowest BCUT2D eigenvalue weighted by molar-refractivity contribution is 0.178. The molecule has 19 heavy (non-hydrogen) atoms. The van der Waals surface area contributed by atoms with E-state index in [9.17, 15) is 9.50 Å². The molecule has 100 valence electrons. The highest BCUT2D eigenvalue weighted by Crippen LogP contribution is 2.29. The van der Waals surface area contributed by atoms with Gasteiger partial charge >= 0.3 is 0 Å². The summed E-state index contributed by atoms with van der Waals surface area (Å²) in [5.41, 5.74) is 1.34. The third-order valence-corrected chi connectivity index (χ3v) is 3.95. The maximum absolute atomic E-state index is 13.3. The molecule has 2 rings (SSSR count). The molecule has 0 aliphatic rings. The van der Waals surface area contributed by atoms with Crippen molar-refractivity contribution < 1.29 is 9.50 Å². The van der Waals surface area contributed by atoms with Crippen LogP contribution in [-0.4, -0.2) is 5.11 Å². The molecular weight excluding hydrogens is 398 g/mol. The van der Waals surface area contributed by atoms with Crippen molar-refractivity contribution in [2.24, 2.45) is 0 Å². The topological polar surface area (TPSA) is 20.2 Å². The second kappa shape index (κ2) is 6.35. The SMILES string of the molecule is OC(Cc1cc(F)cc(Br)c1)c1ccc(Br)cc1Cl. The molecule has 1 N–H and O–H groups in total. The third kappa shape index (κ3) is 4.02. The smallest absolute Gasteiger partial charge is 0.124 e. The Labute approximate surface area is 132 Å². The van der Waals surface area contributed by atoms with Crippen LogP contribution in [0.1, 0.15) is 17.2 Å². The van der Waals surface area contributed by atoms with E-state index in [1.807, 2.05) is 6.07 Å². The minimum Gasteiger partial charge on any atom is -0.388 e. The molecule has 0 fully saturated rings. The summed E-state index contributed by atoms with van der Waals surface area (Å²) in [5.74, 6) is -0.335. The number of aliphatic hydroxyl groups excluding tert-OH is 1. The van der Waals surface area contributed by atoms with Gasteiger partial charge in [-0.3, -0.25) is 0 Å². The lowest BCUT2D eigenvalue weighted by atomic mass is 10.0. The summed E-state index contributed by atoms with van der Waals surface area (Å²) in [6.07, 6.45) is -0.466. The monoisotopic (exact) mass is 406 g/mol. The molecule has 5 heteroatoms. The Balaban J connectivity index is 2.22. The number of aliphatic hydroxyl groups is 1. The molecule has 1 nitrogen and oxygen atoms in total. The first kappa shape index (κ1) is 15.0. The molecule has 0 radical (unpaired) electrons. The average Bonchev–Trinajstić information content (AvgIpc) is 2.26. The minimum absolute atomic E-state index is 0.303. The van der Waals surface area contributed by atoms with E-state index in [-0.39, 0.29) is 5.82 Å². The van der Waals surface area contributed by atoms with Crippen molar-refractivity contribution in [1.29, 1.82) is 0 Å². The van der Waals surface area contributed by atoms with Gasteiger partial charge in [0.15, 0.2) is 0 Å². The van der Waals surface area contributed by atoms with Crippen molar-refractivity contribution in [3.8, 4) is 0 Å². The number of hydrogen-bond acceptors (Lipinski definition) is 1. The van der Waals surface area contributed by atoms with E-state index < -0.39 is 6.10 Å². The molecular formula is C14H10Br2ClFO. The Hall–Kier alpha value is -0.420. The number of halogens is 4. The maximum Gasteiger partial charge on any atom is 0.124 e. The molecule has 0 saturated heterocycles.